The third-order valence-corrected chi connectivity index (χ3v) is 3.28. The van der Waals surface area contributed by atoms with Crippen LogP contribution < -0.4 is 5.43 Å². The van der Waals surface area contributed by atoms with Gasteiger partial charge in [0.25, 0.3) is 5.91 Å². The van der Waals surface area contributed by atoms with Crippen LogP contribution in [0, 0.1) is 5.82 Å². The number of benzene rings is 2. The predicted molar refractivity (Wildman–Crippen MR) is 87.2 cm³/mol. The van der Waals surface area contributed by atoms with Crippen LogP contribution in [-0.4, -0.2) is 16.7 Å². The first kappa shape index (κ1) is 14.7. The van der Waals surface area contributed by atoms with Crippen molar-refractivity contribution in [2.45, 2.75) is 0 Å². The molecule has 1 aromatic heterocycles. The molecular weight excluding hydrogens is 293 g/mol. The summed E-state index contributed by atoms with van der Waals surface area (Å²) in [5.41, 5.74) is 4.47. The van der Waals surface area contributed by atoms with E-state index in [1.807, 2.05) is 41.2 Å². The molecule has 0 aliphatic carbocycles. The lowest BCUT2D eigenvalue weighted by Gasteiger charge is -2.08. The van der Waals surface area contributed by atoms with E-state index in [9.17, 15) is 9.18 Å². The van der Waals surface area contributed by atoms with Crippen molar-refractivity contribution in [3.05, 3.63) is 90.0 Å². The van der Waals surface area contributed by atoms with Gasteiger partial charge in [-0.05, 0) is 42.0 Å². The van der Waals surface area contributed by atoms with Crippen LogP contribution in [0.3, 0.4) is 0 Å². The lowest BCUT2D eigenvalue weighted by Crippen LogP contribution is -2.19. The van der Waals surface area contributed by atoms with Crippen LogP contribution in [-0.2, 0) is 0 Å². The number of rotatable bonds is 4. The van der Waals surface area contributed by atoms with Crippen molar-refractivity contribution in [2.75, 3.05) is 0 Å². The SMILES string of the molecule is O=C(N/N=C\c1ccc(F)cc1)c1ccccc1-n1cccc1. The monoisotopic (exact) mass is 307 g/mol. The number of hydrogen-bond acceptors (Lipinski definition) is 2. The van der Waals surface area contributed by atoms with Crippen LogP contribution >= 0.6 is 0 Å². The van der Waals surface area contributed by atoms with E-state index in [1.165, 1.54) is 18.3 Å². The Balaban J connectivity index is 1.75. The van der Waals surface area contributed by atoms with Crippen molar-refractivity contribution < 1.29 is 9.18 Å². The summed E-state index contributed by atoms with van der Waals surface area (Å²) in [5, 5.41) is 3.91. The summed E-state index contributed by atoms with van der Waals surface area (Å²) < 4.78 is 14.7. The zero-order valence-electron chi connectivity index (χ0n) is 12.2. The highest BCUT2D eigenvalue weighted by atomic mass is 19.1. The van der Waals surface area contributed by atoms with E-state index >= 15 is 0 Å². The number of carbonyl (C=O) groups excluding carboxylic acids is 1. The molecule has 0 aliphatic rings. The topological polar surface area (TPSA) is 46.4 Å². The fourth-order valence-corrected chi connectivity index (χ4v) is 2.16. The molecule has 0 fully saturated rings. The van der Waals surface area contributed by atoms with E-state index in [4.69, 9.17) is 0 Å². The van der Waals surface area contributed by atoms with Gasteiger partial charge in [0.05, 0.1) is 17.5 Å². The molecule has 0 unspecified atom stereocenters. The second-order valence-corrected chi connectivity index (χ2v) is 4.86. The summed E-state index contributed by atoms with van der Waals surface area (Å²) in [6, 6.07) is 16.9. The van der Waals surface area contributed by atoms with E-state index in [0.717, 1.165) is 5.69 Å². The largest absolute Gasteiger partial charge is 0.323 e. The number of nitrogens with zero attached hydrogens (tertiary/aromatic N) is 2. The average Bonchev–Trinajstić information content (AvgIpc) is 3.11. The van der Waals surface area contributed by atoms with Crippen LogP contribution in [0.5, 0.6) is 0 Å². The molecular formula is C18H14FN3O. The molecule has 3 aromatic rings. The minimum absolute atomic E-state index is 0.312. The molecule has 0 bridgehead atoms. The van der Waals surface area contributed by atoms with Gasteiger partial charge in [0.2, 0.25) is 0 Å². The van der Waals surface area contributed by atoms with Gasteiger partial charge in [0.15, 0.2) is 0 Å². The summed E-state index contributed by atoms with van der Waals surface area (Å²) in [6.07, 6.45) is 5.21. The summed E-state index contributed by atoms with van der Waals surface area (Å²) in [5.74, 6) is -0.625. The highest BCUT2D eigenvalue weighted by Gasteiger charge is 2.10. The number of para-hydroxylation sites is 1. The third kappa shape index (κ3) is 3.52. The Morgan fingerprint density at radius 1 is 1.00 bits per heavy atom. The molecule has 23 heavy (non-hydrogen) atoms. The summed E-state index contributed by atoms with van der Waals surface area (Å²) in [7, 11) is 0. The minimum Gasteiger partial charge on any atom is -0.323 e. The van der Waals surface area contributed by atoms with Crippen molar-refractivity contribution in [1.82, 2.24) is 9.99 Å². The first-order chi connectivity index (χ1) is 11.2. The molecule has 2 aromatic carbocycles. The lowest BCUT2D eigenvalue weighted by atomic mass is 10.1. The number of hydrazone groups is 1. The highest BCUT2D eigenvalue weighted by molar-refractivity contribution is 5.98. The molecule has 5 heteroatoms. The third-order valence-electron chi connectivity index (χ3n) is 3.28. The Hall–Kier alpha value is -3.21. The molecule has 1 amide bonds. The number of hydrogen-bond donors (Lipinski definition) is 1. The number of nitrogens with one attached hydrogen (secondary N) is 1. The summed E-state index contributed by atoms with van der Waals surface area (Å²) >= 11 is 0. The van der Waals surface area contributed by atoms with E-state index in [-0.39, 0.29) is 11.7 Å². The van der Waals surface area contributed by atoms with Gasteiger partial charge in [0.1, 0.15) is 5.82 Å². The van der Waals surface area contributed by atoms with Crippen LogP contribution in [0.25, 0.3) is 5.69 Å². The second kappa shape index (κ2) is 6.70. The van der Waals surface area contributed by atoms with E-state index in [1.54, 1.807) is 24.3 Å². The van der Waals surface area contributed by atoms with Crippen LogP contribution in [0.2, 0.25) is 0 Å². The molecule has 0 saturated heterocycles. The molecule has 0 aliphatic heterocycles. The summed E-state index contributed by atoms with van der Waals surface area (Å²) in [6.45, 7) is 0. The quantitative estimate of drug-likeness (QED) is 0.583. The molecule has 1 heterocycles. The first-order valence-electron chi connectivity index (χ1n) is 7.05. The Kier molecular flexibility index (Phi) is 4.29. The fourth-order valence-electron chi connectivity index (χ4n) is 2.16. The van der Waals surface area contributed by atoms with Crippen molar-refractivity contribution >= 4 is 12.1 Å². The van der Waals surface area contributed by atoms with E-state index in [0.29, 0.717) is 11.1 Å². The highest BCUT2D eigenvalue weighted by Crippen LogP contribution is 2.14. The Morgan fingerprint density at radius 3 is 2.43 bits per heavy atom. The second-order valence-electron chi connectivity index (χ2n) is 4.86. The van der Waals surface area contributed by atoms with Gasteiger partial charge in [-0.1, -0.05) is 24.3 Å². The average molecular weight is 307 g/mol. The van der Waals surface area contributed by atoms with Crippen LogP contribution in [0.15, 0.2) is 78.2 Å². The standard InChI is InChI=1S/C18H14FN3O/c19-15-9-7-14(8-10-15)13-20-21-18(23)16-5-1-2-6-17(16)22-11-3-4-12-22/h1-13H,(H,21,23)/b20-13-. The molecule has 114 valence electrons. The van der Waals surface area contributed by atoms with Gasteiger partial charge in [-0.25, -0.2) is 9.82 Å². The number of halogens is 1. The van der Waals surface area contributed by atoms with Gasteiger partial charge in [-0.2, -0.15) is 5.10 Å². The summed E-state index contributed by atoms with van der Waals surface area (Å²) in [4.78, 5) is 12.3. The predicted octanol–water partition coefficient (Wildman–Crippen LogP) is 3.38. The number of amides is 1. The van der Waals surface area contributed by atoms with Gasteiger partial charge >= 0.3 is 0 Å². The number of aromatic nitrogens is 1. The van der Waals surface area contributed by atoms with Gasteiger partial charge in [-0.15, -0.1) is 0 Å². The van der Waals surface area contributed by atoms with E-state index < -0.39 is 0 Å². The maximum absolute atomic E-state index is 12.8. The normalized spacial score (nSPS) is 10.8. The lowest BCUT2D eigenvalue weighted by molar-refractivity contribution is 0.0955. The molecule has 0 spiro atoms. The molecule has 0 radical (unpaired) electrons. The minimum atomic E-state index is -0.313. The number of carbonyl (C=O) groups is 1. The fraction of sp³-hybridized carbons (Fsp3) is 0. The maximum Gasteiger partial charge on any atom is 0.273 e. The molecule has 0 atom stereocenters. The smallest absolute Gasteiger partial charge is 0.273 e. The molecule has 1 N–H and O–H groups in total. The van der Waals surface area contributed by atoms with Gasteiger partial charge in [0, 0.05) is 12.4 Å². The zero-order chi connectivity index (χ0) is 16.1. The Bertz CT molecular complexity index is 824. The van der Waals surface area contributed by atoms with Gasteiger partial charge < -0.3 is 4.57 Å². The van der Waals surface area contributed by atoms with Gasteiger partial charge in [-0.3, -0.25) is 4.79 Å². The maximum atomic E-state index is 12.8. The molecule has 4 nitrogen and oxygen atoms in total. The van der Waals surface area contributed by atoms with Crippen molar-refractivity contribution in [3.63, 3.8) is 0 Å². The Morgan fingerprint density at radius 2 is 1.70 bits per heavy atom. The molecule has 3 rings (SSSR count). The zero-order valence-corrected chi connectivity index (χ0v) is 12.2. The van der Waals surface area contributed by atoms with Crippen molar-refractivity contribution in [2.24, 2.45) is 5.10 Å². The first-order valence-corrected chi connectivity index (χ1v) is 7.05. The molecule has 0 saturated carbocycles. The van der Waals surface area contributed by atoms with E-state index in [2.05, 4.69) is 10.5 Å². The Labute approximate surface area is 132 Å². The van der Waals surface area contributed by atoms with Crippen LogP contribution in [0.4, 0.5) is 4.39 Å². The van der Waals surface area contributed by atoms with Crippen molar-refractivity contribution in [3.8, 4) is 5.69 Å². The van der Waals surface area contributed by atoms with Crippen LogP contribution in [0.1, 0.15) is 15.9 Å². The van der Waals surface area contributed by atoms with Crippen molar-refractivity contribution in [1.29, 1.82) is 0 Å².